The zero-order valence-electron chi connectivity index (χ0n) is 9.89. The van der Waals surface area contributed by atoms with Gasteiger partial charge in [-0.2, -0.15) is 0 Å². The topological polar surface area (TPSA) is 133 Å². The molecular weight excluding hydrogens is 262 g/mol. The largest absolute Gasteiger partial charge is 0.379 e. The third-order valence-electron chi connectivity index (χ3n) is 2.82. The molecule has 2 fully saturated rings. The fourth-order valence-electron chi connectivity index (χ4n) is 2.14. The fourth-order valence-corrected chi connectivity index (χ4v) is 2.14. The van der Waals surface area contributed by atoms with Crippen molar-refractivity contribution in [2.75, 3.05) is 0 Å². The van der Waals surface area contributed by atoms with Gasteiger partial charge in [0.25, 0.3) is 0 Å². The Kier molecular flexibility index (Phi) is 2.61. The van der Waals surface area contributed by atoms with Crippen LogP contribution in [0.15, 0.2) is 0 Å². The Balaban J connectivity index is 2.50. The molecule has 11 heteroatoms. The molecule has 6 amide bonds. The standard InChI is InChI=1S/C8H9N5O6/c1-3(14)10-5-6(11(4(2)15)8(10)17)12(13(18)19)7(16)9-5/h5-6H,1-2H3,(H,9,16). The van der Waals surface area contributed by atoms with Gasteiger partial charge >= 0.3 is 12.1 Å². The van der Waals surface area contributed by atoms with Crippen LogP contribution in [0.2, 0.25) is 0 Å². The molecule has 19 heavy (non-hydrogen) atoms. The quantitative estimate of drug-likeness (QED) is 0.464. The van der Waals surface area contributed by atoms with Gasteiger partial charge in [0, 0.05) is 13.8 Å². The summed E-state index contributed by atoms with van der Waals surface area (Å²) in [5.74, 6) is -1.53. The third kappa shape index (κ3) is 1.58. The minimum atomic E-state index is -1.48. The first-order valence-corrected chi connectivity index (χ1v) is 5.15. The average molecular weight is 271 g/mol. The van der Waals surface area contributed by atoms with E-state index in [0.29, 0.717) is 9.80 Å². The smallest absolute Gasteiger partial charge is 0.309 e. The molecule has 2 unspecified atom stereocenters. The van der Waals surface area contributed by atoms with Gasteiger partial charge in [0.15, 0.2) is 11.2 Å². The van der Waals surface area contributed by atoms with Gasteiger partial charge < -0.3 is 5.32 Å². The van der Waals surface area contributed by atoms with E-state index in [9.17, 15) is 29.3 Å². The maximum atomic E-state index is 11.9. The Morgan fingerprint density at radius 2 is 1.74 bits per heavy atom. The molecule has 0 radical (unpaired) electrons. The molecule has 2 atom stereocenters. The number of hydrogen-bond donors (Lipinski definition) is 1. The number of rotatable bonds is 1. The van der Waals surface area contributed by atoms with Crippen molar-refractivity contribution in [1.82, 2.24) is 20.1 Å². The molecule has 2 heterocycles. The first kappa shape index (κ1) is 12.7. The van der Waals surface area contributed by atoms with Crippen LogP contribution in [0.3, 0.4) is 0 Å². The van der Waals surface area contributed by atoms with Gasteiger partial charge in [-0.25, -0.2) is 29.5 Å². The van der Waals surface area contributed by atoms with E-state index in [1.807, 2.05) is 0 Å². The number of hydrogen-bond acceptors (Lipinski definition) is 6. The van der Waals surface area contributed by atoms with Gasteiger partial charge in [0.2, 0.25) is 18.0 Å². The van der Waals surface area contributed by atoms with Crippen molar-refractivity contribution in [3.63, 3.8) is 0 Å². The van der Waals surface area contributed by atoms with Crippen LogP contribution in [-0.2, 0) is 9.59 Å². The average Bonchev–Trinajstić information content (AvgIpc) is 2.67. The van der Waals surface area contributed by atoms with E-state index in [4.69, 9.17) is 0 Å². The van der Waals surface area contributed by atoms with Crippen molar-refractivity contribution in [2.45, 2.75) is 26.2 Å². The summed E-state index contributed by atoms with van der Waals surface area (Å²) < 4.78 is 0. The molecule has 2 aliphatic rings. The lowest BCUT2D eigenvalue weighted by atomic mass is 10.3. The Hall–Kier alpha value is -2.72. The second-order valence-corrected chi connectivity index (χ2v) is 3.95. The van der Waals surface area contributed by atoms with E-state index in [0.717, 1.165) is 13.8 Å². The van der Waals surface area contributed by atoms with E-state index in [1.54, 1.807) is 0 Å². The molecule has 0 saturated carbocycles. The SMILES string of the molecule is CC(=O)N1C(=O)N(C(C)=O)C2C1NC(=O)N2[N+](=O)[O-]. The molecule has 2 rings (SSSR count). The van der Waals surface area contributed by atoms with Crippen molar-refractivity contribution in [3.05, 3.63) is 10.1 Å². The number of fused-ring (bicyclic) bond motifs is 1. The molecule has 0 aromatic heterocycles. The molecule has 102 valence electrons. The zero-order chi connectivity index (χ0) is 14.5. The Morgan fingerprint density at radius 1 is 1.21 bits per heavy atom. The number of nitro groups is 1. The lowest BCUT2D eigenvalue weighted by Gasteiger charge is -2.19. The molecule has 0 aromatic rings. The highest BCUT2D eigenvalue weighted by molar-refractivity contribution is 6.04. The molecule has 2 saturated heterocycles. The first-order chi connectivity index (χ1) is 8.77. The third-order valence-corrected chi connectivity index (χ3v) is 2.82. The molecule has 2 aliphatic heterocycles. The predicted molar refractivity (Wildman–Crippen MR) is 55.4 cm³/mol. The van der Waals surface area contributed by atoms with Gasteiger partial charge in [0.1, 0.15) is 0 Å². The minimum absolute atomic E-state index is 0.118. The fraction of sp³-hybridized carbons (Fsp3) is 0.500. The van der Waals surface area contributed by atoms with Crippen LogP contribution in [0.25, 0.3) is 0 Å². The van der Waals surface area contributed by atoms with E-state index < -0.39 is 41.2 Å². The lowest BCUT2D eigenvalue weighted by Crippen LogP contribution is -2.50. The van der Waals surface area contributed by atoms with Crippen LogP contribution in [0.4, 0.5) is 9.59 Å². The summed E-state index contributed by atoms with van der Waals surface area (Å²) in [4.78, 5) is 58.1. The van der Waals surface area contributed by atoms with Gasteiger partial charge in [-0.15, -0.1) is 0 Å². The van der Waals surface area contributed by atoms with Gasteiger partial charge in [0.05, 0.1) is 0 Å². The zero-order valence-corrected chi connectivity index (χ0v) is 9.89. The Morgan fingerprint density at radius 3 is 2.16 bits per heavy atom. The van der Waals surface area contributed by atoms with E-state index >= 15 is 0 Å². The van der Waals surface area contributed by atoms with Gasteiger partial charge in [-0.05, 0) is 5.01 Å². The van der Waals surface area contributed by atoms with Crippen molar-refractivity contribution in [1.29, 1.82) is 0 Å². The van der Waals surface area contributed by atoms with Crippen molar-refractivity contribution < 1.29 is 24.2 Å². The maximum absolute atomic E-state index is 11.9. The molecule has 0 aromatic carbocycles. The predicted octanol–water partition coefficient (Wildman–Crippen LogP) is -1.31. The number of urea groups is 2. The summed E-state index contributed by atoms with van der Waals surface area (Å²) in [5, 5.41) is 12.0. The number of amides is 6. The van der Waals surface area contributed by atoms with Crippen molar-refractivity contribution in [2.24, 2.45) is 0 Å². The van der Waals surface area contributed by atoms with Crippen LogP contribution < -0.4 is 5.32 Å². The van der Waals surface area contributed by atoms with Gasteiger partial charge in [-0.3, -0.25) is 9.59 Å². The van der Waals surface area contributed by atoms with Crippen LogP contribution >= 0.6 is 0 Å². The lowest BCUT2D eigenvalue weighted by molar-refractivity contribution is -0.641. The van der Waals surface area contributed by atoms with Crippen molar-refractivity contribution >= 4 is 23.9 Å². The molecule has 0 bridgehead atoms. The molecule has 1 N–H and O–H groups in total. The second kappa shape index (κ2) is 3.90. The number of hydrazine groups is 1. The highest BCUT2D eigenvalue weighted by atomic mass is 16.7. The van der Waals surface area contributed by atoms with E-state index in [2.05, 4.69) is 5.32 Å². The maximum Gasteiger partial charge on any atom is 0.379 e. The number of nitrogens with one attached hydrogen (secondary N) is 1. The van der Waals surface area contributed by atoms with Crippen LogP contribution in [0.1, 0.15) is 13.8 Å². The number of nitrogens with zero attached hydrogens (tertiary/aromatic N) is 4. The van der Waals surface area contributed by atoms with Crippen LogP contribution in [-0.4, -0.2) is 56.0 Å². The summed E-state index contributed by atoms with van der Waals surface area (Å²) in [7, 11) is 0. The molecule has 0 spiro atoms. The van der Waals surface area contributed by atoms with Crippen molar-refractivity contribution in [3.8, 4) is 0 Å². The van der Waals surface area contributed by atoms with Gasteiger partial charge in [-0.1, -0.05) is 0 Å². The van der Waals surface area contributed by atoms with E-state index in [1.165, 1.54) is 0 Å². The highest BCUT2D eigenvalue weighted by Gasteiger charge is 2.62. The summed E-state index contributed by atoms with van der Waals surface area (Å²) in [6, 6.07) is -2.09. The molecule has 11 nitrogen and oxygen atoms in total. The summed E-state index contributed by atoms with van der Waals surface area (Å²) in [6.07, 6.45) is -2.73. The second-order valence-electron chi connectivity index (χ2n) is 3.95. The van der Waals surface area contributed by atoms with Crippen LogP contribution in [0, 0.1) is 10.1 Å². The Labute approximate surface area is 105 Å². The molecular formula is C8H9N5O6. The normalized spacial score (nSPS) is 25.5. The summed E-state index contributed by atoms with van der Waals surface area (Å²) >= 11 is 0. The number of carbonyl (C=O) groups is 4. The van der Waals surface area contributed by atoms with Crippen LogP contribution in [0.5, 0.6) is 0 Å². The van der Waals surface area contributed by atoms with E-state index in [-0.39, 0.29) is 5.01 Å². The number of carbonyl (C=O) groups excluding carboxylic acids is 4. The first-order valence-electron chi connectivity index (χ1n) is 5.15. The minimum Gasteiger partial charge on any atom is -0.309 e. The summed E-state index contributed by atoms with van der Waals surface area (Å²) in [6.45, 7) is 2.07. The Bertz CT molecular complexity index is 506. The molecule has 0 aliphatic carbocycles. The highest BCUT2D eigenvalue weighted by Crippen LogP contribution is 2.29. The number of imide groups is 2. The summed E-state index contributed by atoms with van der Waals surface area (Å²) in [5.41, 5.74) is 0. The monoisotopic (exact) mass is 271 g/mol.